The van der Waals surface area contributed by atoms with E-state index in [4.69, 9.17) is 5.84 Å². The lowest BCUT2D eigenvalue weighted by Gasteiger charge is -2.08. The third kappa shape index (κ3) is 3.98. The molecule has 1 aromatic heterocycles. The number of nitrogens with zero attached hydrogens (tertiary/aromatic N) is 3. The van der Waals surface area contributed by atoms with Crippen LogP contribution >= 0.6 is 27.7 Å². The number of thioether (sulfide) groups is 1. The van der Waals surface area contributed by atoms with Crippen LogP contribution in [0, 0.1) is 0 Å². The second kappa shape index (κ2) is 6.95. The zero-order valence-corrected chi connectivity index (χ0v) is 14.1. The highest BCUT2D eigenvalue weighted by Crippen LogP contribution is 2.27. The number of nitrogens with two attached hydrogens (primary N) is 1. The third-order valence-electron chi connectivity index (χ3n) is 2.56. The molecule has 0 aliphatic rings. The van der Waals surface area contributed by atoms with Crippen molar-refractivity contribution in [1.29, 1.82) is 0 Å². The third-order valence-corrected chi connectivity index (χ3v) is 4.20. The minimum Gasteiger partial charge on any atom is -0.353 e. The largest absolute Gasteiger partial charge is 0.353 e. The van der Waals surface area contributed by atoms with Gasteiger partial charge in [-0.1, -0.05) is 39.8 Å². The number of hydrogen-bond donors (Lipinski definition) is 2. The Morgan fingerprint density at radius 1 is 1.43 bits per heavy atom. The highest BCUT2D eigenvalue weighted by molar-refractivity contribution is 9.10. The van der Waals surface area contributed by atoms with Crippen molar-refractivity contribution >= 4 is 33.6 Å². The van der Waals surface area contributed by atoms with E-state index in [1.807, 2.05) is 38.1 Å². The molecular formula is C13H16BrN5OS. The van der Waals surface area contributed by atoms with Crippen molar-refractivity contribution < 1.29 is 4.79 Å². The molecule has 0 bridgehead atoms. The average Bonchev–Trinajstić information content (AvgIpc) is 2.77. The summed E-state index contributed by atoms with van der Waals surface area (Å²) in [6.07, 6.45) is 0. The molecule has 1 heterocycles. The molecule has 1 aromatic carbocycles. The van der Waals surface area contributed by atoms with Gasteiger partial charge in [-0.2, -0.15) is 0 Å². The molecule has 0 saturated carbocycles. The summed E-state index contributed by atoms with van der Waals surface area (Å²) in [6.45, 7) is 3.83. The number of carbonyl (C=O) groups excluding carboxylic acids is 1. The molecule has 112 valence electrons. The predicted octanol–water partition coefficient (Wildman–Crippen LogP) is 2.04. The molecule has 0 aliphatic heterocycles. The van der Waals surface area contributed by atoms with Gasteiger partial charge in [-0.15, -0.1) is 10.2 Å². The van der Waals surface area contributed by atoms with Crippen LogP contribution in [0.3, 0.4) is 0 Å². The van der Waals surface area contributed by atoms with Crippen molar-refractivity contribution in [3.63, 3.8) is 0 Å². The molecule has 21 heavy (non-hydrogen) atoms. The van der Waals surface area contributed by atoms with E-state index in [1.54, 1.807) is 0 Å². The van der Waals surface area contributed by atoms with E-state index >= 15 is 0 Å². The number of nitrogens with one attached hydrogen (secondary N) is 1. The van der Waals surface area contributed by atoms with Gasteiger partial charge in [0.1, 0.15) is 0 Å². The van der Waals surface area contributed by atoms with Gasteiger partial charge in [-0.25, -0.2) is 4.68 Å². The van der Waals surface area contributed by atoms with E-state index in [0.717, 1.165) is 10.0 Å². The van der Waals surface area contributed by atoms with Crippen molar-refractivity contribution in [3.8, 4) is 11.4 Å². The summed E-state index contributed by atoms with van der Waals surface area (Å²) < 4.78 is 2.28. The van der Waals surface area contributed by atoms with Crippen LogP contribution in [0.4, 0.5) is 0 Å². The lowest BCUT2D eigenvalue weighted by molar-refractivity contribution is -0.119. The SMILES string of the molecule is CC(C)NC(=O)CSc1nnc(-c2ccccc2Br)n1N. The van der Waals surface area contributed by atoms with Gasteiger partial charge in [-0.05, 0) is 26.0 Å². The maximum absolute atomic E-state index is 11.6. The maximum Gasteiger partial charge on any atom is 0.230 e. The van der Waals surface area contributed by atoms with Crippen LogP contribution in [-0.4, -0.2) is 32.6 Å². The summed E-state index contributed by atoms with van der Waals surface area (Å²) in [4.78, 5) is 11.6. The fourth-order valence-electron chi connectivity index (χ4n) is 1.70. The molecule has 0 aliphatic carbocycles. The monoisotopic (exact) mass is 369 g/mol. The Labute approximate surface area is 135 Å². The van der Waals surface area contributed by atoms with Crippen LogP contribution in [0.15, 0.2) is 33.9 Å². The van der Waals surface area contributed by atoms with Crippen LogP contribution in [0.2, 0.25) is 0 Å². The normalized spacial score (nSPS) is 10.9. The fourth-order valence-corrected chi connectivity index (χ4v) is 2.83. The summed E-state index contributed by atoms with van der Waals surface area (Å²) in [5.41, 5.74) is 0.853. The fraction of sp³-hybridized carbons (Fsp3) is 0.308. The molecule has 0 spiro atoms. The van der Waals surface area contributed by atoms with Crippen LogP contribution in [0.25, 0.3) is 11.4 Å². The van der Waals surface area contributed by atoms with E-state index < -0.39 is 0 Å². The Morgan fingerprint density at radius 2 is 2.14 bits per heavy atom. The summed E-state index contributed by atoms with van der Waals surface area (Å²) in [5, 5.41) is 11.4. The Bertz CT molecular complexity index is 643. The van der Waals surface area contributed by atoms with Gasteiger partial charge in [0.05, 0.1) is 5.75 Å². The van der Waals surface area contributed by atoms with E-state index in [-0.39, 0.29) is 17.7 Å². The molecular weight excluding hydrogens is 354 g/mol. The molecule has 0 radical (unpaired) electrons. The highest BCUT2D eigenvalue weighted by Gasteiger charge is 2.15. The van der Waals surface area contributed by atoms with Crippen molar-refractivity contribution in [2.75, 3.05) is 11.6 Å². The number of carbonyl (C=O) groups is 1. The molecule has 8 heteroatoms. The lowest BCUT2D eigenvalue weighted by Crippen LogP contribution is -2.31. The van der Waals surface area contributed by atoms with E-state index in [1.165, 1.54) is 16.4 Å². The van der Waals surface area contributed by atoms with Crippen LogP contribution in [0.5, 0.6) is 0 Å². The molecule has 3 N–H and O–H groups in total. The van der Waals surface area contributed by atoms with Gasteiger partial charge in [0.2, 0.25) is 11.1 Å². The van der Waals surface area contributed by atoms with Gasteiger partial charge in [-0.3, -0.25) is 4.79 Å². The smallest absolute Gasteiger partial charge is 0.230 e. The first kappa shape index (κ1) is 15.8. The van der Waals surface area contributed by atoms with Crippen LogP contribution < -0.4 is 11.2 Å². The zero-order chi connectivity index (χ0) is 15.4. The Hall–Kier alpha value is -1.54. The average molecular weight is 370 g/mol. The second-order valence-corrected chi connectivity index (χ2v) is 6.46. The van der Waals surface area contributed by atoms with Gasteiger partial charge < -0.3 is 11.2 Å². The second-order valence-electron chi connectivity index (χ2n) is 4.67. The summed E-state index contributed by atoms with van der Waals surface area (Å²) in [7, 11) is 0. The summed E-state index contributed by atoms with van der Waals surface area (Å²) >= 11 is 4.71. The zero-order valence-electron chi connectivity index (χ0n) is 11.7. The molecule has 0 fully saturated rings. The van der Waals surface area contributed by atoms with Crippen molar-refractivity contribution in [1.82, 2.24) is 20.2 Å². The number of hydrogen-bond acceptors (Lipinski definition) is 5. The Balaban J connectivity index is 2.11. The number of benzene rings is 1. The minimum atomic E-state index is -0.0551. The van der Waals surface area contributed by atoms with Crippen LogP contribution in [-0.2, 0) is 4.79 Å². The minimum absolute atomic E-state index is 0.0551. The first-order chi connectivity index (χ1) is 9.99. The number of nitrogen functional groups attached to an aromatic ring is 1. The molecule has 2 rings (SSSR count). The van der Waals surface area contributed by atoms with Gasteiger partial charge >= 0.3 is 0 Å². The topological polar surface area (TPSA) is 85.8 Å². The first-order valence-electron chi connectivity index (χ1n) is 6.36. The van der Waals surface area contributed by atoms with Crippen molar-refractivity contribution in [2.24, 2.45) is 0 Å². The van der Waals surface area contributed by atoms with E-state index in [2.05, 4.69) is 31.4 Å². The number of amides is 1. The summed E-state index contributed by atoms with van der Waals surface area (Å²) in [6, 6.07) is 7.74. The molecule has 0 saturated heterocycles. The lowest BCUT2D eigenvalue weighted by atomic mass is 10.2. The number of rotatable bonds is 5. The van der Waals surface area contributed by atoms with E-state index in [9.17, 15) is 4.79 Å². The molecule has 0 unspecified atom stereocenters. The van der Waals surface area contributed by atoms with Gasteiger partial charge in [0.15, 0.2) is 5.82 Å². The molecule has 1 amide bonds. The Kier molecular flexibility index (Phi) is 5.24. The standard InChI is InChI=1S/C13H16BrN5OS/c1-8(2)16-11(20)7-21-13-18-17-12(19(13)15)9-5-3-4-6-10(9)14/h3-6,8H,7,15H2,1-2H3,(H,16,20). The number of aromatic nitrogens is 3. The quantitative estimate of drug-likeness (QED) is 0.622. The predicted molar refractivity (Wildman–Crippen MR) is 87.3 cm³/mol. The summed E-state index contributed by atoms with van der Waals surface area (Å²) in [5.74, 6) is 6.76. The van der Waals surface area contributed by atoms with Crippen molar-refractivity contribution in [2.45, 2.75) is 25.0 Å². The molecule has 2 aromatic rings. The highest BCUT2D eigenvalue weighted by atomic mass is 79.9. The van der Waals surface area contributed by atoms with Crippen LogP contribution in [0.1, 0.15) is 13.8 Å². The van der Waals surface area contributed by atoms with Crippen molar-refractivity contribution in [3.05, 3.63) is 28.7 Å². The molecule has 6 nitrogen and oxygen atoms in total. The number of halogens is 1. The first-order valence-corrected chi connectivity index (χ1v) is 8.14. The Morgan fingerprint density at radius 3 is 2.81 bits per heavy atom. The van der Waals surface area contributed by atoms with Gasteiger partial charge in [0.25, 0.3) is 0 Å². The van der Waals surface area contributed by atoms with E-state index in [0.29, 0.717) is 11.0 Å². The van der Waals surface area contributed by atoms with Gasteiger partial charge in [0, 0.05) is 16.1 Å². The molecule has 0 atom stereocenters. The maximum atomic E-state index is 11.6.